The maximum absolute atomic E-state index is 11.5. The third-order valence-corrected chi connectivity index (χ3v) is 4.65. The van der Waals surface area contributed by atoms with E-state index in [1.54, 1.807) is 30.2 Å². The minimum absolute atomic E-state index is 0.325. The highest BCUT2D eigenvalue weighted by Gasteiger charge is 2.10. The summed E-state index contributed by atoms with van der Waals surface area (Å²) in [7, 11) is 1.38. The summed E-state index contributed by atoms with van der Waals surface area (Å²) in [5, 5.41) is 9.08. The molecule has 0 N–H and O–H groups in total. The van der Waals surface area contributed by atoms with Gasteiger partial charge in [-0.3, -0.25) is 4.57 Å². The maximum Gasteiger partial charge on any atom is 0.337 e. The lowest BCUT2D eigenvalue weighted by atomic mass is 10.1. The van der Waals surface area contributed by atoms with Crippen molar-refractivity contribution < 1.29 is 9.53 Å². The number of methoxy groups -OCH3 is 1. The van der Waals surface area contributed by atoms with Crippen LogP contribution in [0.25, 0.3) is 5.69 Å². The van der Waals surface area contributed by atoms with Crippen LogP contribution < -0.4 is 0 Å². The van der Waals surface area contributed by atoms with E-state index in [4.69, 9.17) is 4.74 Å². The molecule has 0 amide bonds. The molecule has 0 radical (unpaired) electrons. The quantitative estimate of drug-likeness (QED) is 0.524. The number of hydrogen-bond donors (Lipinski definition) is 0. The Labute approximate surface area is 144 Å². The second-order valence-corrected chi connectivity index (χ2v) is 6.19. The summed E-state index contributed by atoms with van der Waals surface area (Å²) in [4.78, 5) is 11.5. The number of aromatic nitrogens is 3. The van der Waals surface area contributed by atoms with Crippen LogP contribution in [0.3, 0.4) is 0 Å². The van der Waals surface area contributed by atoms with E-state index in [0.29, 0.717) is 5.56 Å². The number of aryl methyl sites for hydroxylation is 1. The summed E-state index contributed by atoms with van der Waals surface area (Å²) >= 11 is 1.60. The fourth-order valence-electron chi connectivity index (χ4n) is 2.32. The molecule has 5 nitrogen and oxygen atoms in total. The first-order chi connectivity index (χ1) is 11.7. The highest BCUT2D eigenvalue weighted by atomic mass is 32.2. The summed E-state index contributed by atoms with van der Waals surface area (Å²) in [6.07, 6.45) is 1.73. The summed E-state index contributed by atoms with van der Waals surface area (Å²) in [6, 6.07) is 15.5. The minimum Gasteiger partial charge on any atom is -0.465 e. The van der Waals surface area contributed by atoms with Gasteiger partial charge in [0, 0.05) is 5.75 Å². The predicted octanol–water partition coefficient (Wildman–Crippen LogP) is 3.65. The van der Waals surface area contributed by atoms with E-state index in [1.165, 1.54) is 12.7 Å². The highest BCUT2D eigenvalue weighted by Crippen LogP contribution is 2.25. The van der Waals surface area contributed by atoms with Gasteiger partial charge in [0.25, 0.3) is 0 Å². The first-order valence-electron chi connectivity index (χ1n) is 7.45. The van der Waals surface area contributed by atoms with Crippen molar-refractivity contribution in [2.24, 2.45) is 0 Å². The molecule has 3 aromatic rings. The van der Waals surface area contributed by atoms with Gasteiger partial charge in [-0.25, -0.2) is 4.79 Å². The monoisotopic (exact) mass is 339 g/mol. The van der Waals surface area contributed by atoms with E-state index in [0.717, 1.165) is 22.2 Å². The Kier molecular flexibility index (Phi) is 4.96. The second-order valence-electron chi connectivity index (χ2n) is 5.25. The molecule has 0 saturated heterocycles. The Morgan fingerprint density at radius 2 is 1.92 bits per heavy atom. The fourth-order valence-corrected chi connectivity index (χ4v) is 3.20. The van der Waals surface area contributed by atoms with E-state index < -0.39 is 0 Å². The number of carbonyl (C=O) groups is 1. The molecule has 0 aliphatic heterocycles. The molecule has 1 heterocycles. The number of ether oxygens (including phenoxy) is 1. The van der Waals surface area contributed by atoms with Gasteiger partial charge >= 0.3 is 5.97 Å². The van der Waals surface area contributed by atoms with Gasteiger partial charge in [0.15, 0.2) is 5.16 Å². The van der Waals surface area contributed by atoms with Crippen LogP contribution in [0.1, 0.15) is 21.5 Å². The summed E-state index contributed by atoms with van der Waals surface area (Å²) in [5.74, 6) is 0.417. The second kappa shape index (κ2) is 7.31. The molecule has 122 valence electrons. The molecule has 0 atom stereocenters. The zero-order valence-electron chi connectivity index (χ0n) is 13.5. The van der Waals surface area contributed by atoms with Crippen molar-refractivity contribution in [2.75, 3.05) is 7.11 Å². The van der Waals surface area contributed by atoms with E-state index in [2.05, 4.69) is 23.2 Å². The SMILES string of the molecule is COC(=O)c1ccc(CSc2nncn2-c2ccccc2C)cc1. The first-order valence-corrected chi connectivity index (χ1v) is 8.43. The Hall–Kier alpha value is -2.60. The summed E-state index contributed by atoms with van der Waals surface area (Å²) in [5.41, 5.74) is 3.90. The van der Waals surface area contributed by atoms with Crippen LogP contribution in [0, 0.1) is 6.92 Å². The zero-order chi connectivity index (χ0) is 16.9. The molecule has 2 aromatic carbocycles. The number of benzene rings is 2. The molecule has 0 unspecified atom stereocenters. The lowest BCUT2D eigenvalue weighted by molar-refractivity contribution is 0.0600. The van der Waals surface area contributed by atoms with Crippen LogP contribution in [0.15, 0.2) is 60.0 Å². The molecule has 0 aliphatic rings. The summed E-state index contributed by atoms with van der Waals surface area (Å²) < 4.78 is 6.69. The molecule has 0 fully saturated rings. The molecule has 3 rings (SSSR count). The third-order valence-electron chi connectivity index (χ3n) is 3.63. The Bertz CT molecular complexity index is 843. The van der Waals surface area contributed by atoms with Gasteiger partial charge in [-0.2, -0.15) is 0 Å². The standard InChI is InChI=1S/C18H17N3O2S/c1-13-5-3-4-6-16(13)21-12-19-20-18(21)24-11-14-7-9-15(10-8-14)17(22)23-2/h3-10,12H,11H2,1-2H3. The maximum atomic E-state index is 11.5. The number of nitrogens with zero attached hydrogens (tertiary/aromatic N) is 3. The molecule has 0 bridgehead atoms. The number of carbonyl (C=O) groups excluding carboxylic acids is 1. The van der Waals surface area contributed by atoms with Crippen LogP contribution >= 0.6 is 11.8 Å². The van der Waals surface area contributed by atoms with Crippen molar-refractivity contribution in [1.82, 2.24) is 14.8 Å². The highest BCUT2D eigenvalue weighted by molar-refractivity contribution is 7.98. The fraction of sp³-hybridized carbons (Fsp3) is 0.167. The lowest BCUT2D eigenvalue weighted by Crippen LogP contribution is -2.01. The molecular weight excluding hydrogens is 322 g/mol. The van der Waals surface area contributed by atoms with Crippen LogP contribution in [-0.4, -0.2) is 27.8 Å². The third kappa shape index (κ3) is 3.49. The summed E-state index contributed by atoms with van der Waals surface area (Å²) in [6.45, 7) is 2.06. The van der Waals surface area contributed by atoms with Crippen molar-refractivity contribution in [3.63, 3.8) is 0 Å². The molecule has 0 saturated carbocycles. The Morgan fingerprint density at radius 3 is 2.62 bits per heavy atom. The van der Waals surface area contributed by atoms with Crippen molar-refractivity contribution in [3.05, 3.63) is 71.5 Å². The van der Waals surface area contributed by atoms with Gasteiger partial charge < -0.3 is 4.74 Å². The van der Waals surface area contributed by atoms with Gasteiger partial charge in [0.05, 0.1) is 18.4 Å². The topological polar surface area (TPSA) is 57.0 Å². The van der Waals surface area contributed by atoms with E-state index in [1.807, 2.05) is 34.9 Å². The Morgan fingerprint density at radius 1 is 1.17 bits per heavy atom. The molecule has 0 spiro atoms. The predicted molar refractivity (Wildman–Crippen MR) is 93.4 cm³/mol. The molecular formula is C18H17N3O2S. The number of esters is 1. The van der Waals surface area contributed by atoms with Crippen LogP contribution in [0.2, 0.25) is 0 Å². The number of para-hydroxylation sites is 1. The van der Waals surface area contributed by atoms with Crippen molar-refractivity contribution in [1.29, 1.82) is 0 Å². The van der Waals surface area contributed by atoms with E-state index in [9.17, 15) is 4.79 Å². The minimum atomic E-state index is -0.325. The zero-order valence-corrected chi connectivity index (χ0v) is 14.3. The average Bonchev–Trinajstić information content (AvgIpc) is 3.08. The molecule has 6 heteroatoms. The van der Waals surface area contributed by atoms with Gasteiger partial charge in [0.2, 0.25) is 0 Å². The number of hydrogen-bond acceptors (Lipinski definition) is 5. The van der Waals surface area contributed by atoms with Gasteiger partial charge in [0.1, 0.15) is 6.33 Å². The lowest BCUT2D eigenvalue weighted by Gasteiger charge is -2.09. The molecule has 0 aliphatic carbocycles. The average molecular weight is 339 g/mol. The molecule has 24 heavy (non-hydrogen) atoms. The van der Waals surface area contributed by atoms with Crippen molar-refractivity contribution in [2.45, 2.75) is 17.8 Å². The van der Waals surface area contributed by atoms with Crippen LogP contribution in [-0.2, 0) is 10.5 Å². The van der Waals surface area contributed by atoms with Crippen LogP contribution in [0.4, 0.5) is 0 Å². The molecule has 1 aromatic heterocycles. The van der Waals surface area contributed by atoms with E-state index >= 15 is 0 Å². The van der Waals surface area contributed by atoms with E-state index in [-0.39, 0.29) is 5.97 Å². The largest absolute Gasteiger partial charge is 0.465 e. The first kappa shape index (κ1) is 16.3. The van der Waals surface area contributed by atoms with Crippen molar-refractivity contribution in [3.8, 4) is 5.69 Å². The van der Waals surface area contributed by atoms with Gasteiger partial charge in [-0.15, -0.1) is 10.2 Å². The van der Waals surface area contributed by atoms with Gasteiger partial charge in [-0.05, 0) is 36.2 Å². The van der Waals surface area contributed by atoms with Crippen molar-refractivity contribution >= 4 is 17.7 Å². The number of rotatable bonds is 5. The number of thioether (sulfide) groups is 1. The Balaban J connectivity index is 1.73. The van der Waals surface area contributed by atoms with Crippen LogP contribution in [0.5, 0.6) is 0 Å². The smallest absolute Gasteiger partial charge is 0.337 e. The normalized spacial score (nSPS) is 10.6. The van der Waals surface area contributed by atoms with Gasteiger partial charge in [-0.1, -0.05) is 42.1 Å².